The number of carbonyl (C=O) groups excluding carboxylic acids is 1. The van der Waals surface area contributed by atoms with Gasteiger partial charge < -0.3 is 4.90 Å². The van der Waals surface area contributed by atoms with Gasteiger partial charge in [-0.05, 0) is 32.4 Å². The third-order valence-corrected chi connectivity index (χ3v) is 1.97. The Morgan fingerprint density at radius 2 is 2.45 bits per heavy atom. The third kappa shape index (κ3) is 2.73. The standard InChI is InChI=1S/C9H13NO/c1-10-6-2-4-9(8-10)5-3-7-11/h7,9H,2,4,6,8H2,1H3. The number of likely N-dealkylation sites (tertiary alicyclic amines) is 1. The number of hydrogen-bond donors (Lipinski definition) is 0. The van der Waals surface area contributed by atoms with Crippen molar-refractivity contribution in [1.82, 2.24) is 4.90 Å². The van der Waals surface area contributed by atoms with Gasteiger partial charge in [0.1, 0.15) is 0 Å². The van der Waals surface area contributed by atoms with Gasteiger partial charge >= 0.3 is 0 Å². The highest BCUT2D eigenvalue weighted by Gasteiger charge is 2.13. The van der Waals surface area contributed by atoms with Gasteiger partial charge in [0.05, 0.1) is 0 Å². The first-order valence-corrected chi connectivity index (χ1v) is 3.96. The highest BCUT2D eigenvalue weighted by molar-refractivity contribution is 5.72. The Bertz CT molecular complexity index is 189. The average Bonchev–Trinajstić information content (AvgIpc) is 2.01. The Morgan fingerprint density at radius 3 is 3.09 bits per heavy atom. The molecule has 1 unspecified atom stereocenters. The van der Waals surface area contributed by atoms with Crippen molar-refractivity contribution >= 4 is 6.29 Å². The van der Waals surface area contributed by atoms with Crippen molar-refractivity contribution in [3.05, 3.63) is 0 Å². The molecule has 1 aliphatic rings. The van der Waals surface area contributed by atoms with Gasteiger partial charge in [0, 0.05) is 12.5 Å². The second kappa shape index (κ2) is 4.15. The summed E-state index contributed by atoms with van der Waals surface area (Å²) in [5.74, 6) is 5.84. The van der Waals surface area contributed by atoms with Crippen LogP contribution in [-0.4, -0.2) is 31.3 Å². The zero-order valence-electron chi connectivity index (χ0n) is 6.84. The molecule has 0 spiro atoms. The monoisotopic (exact) mass is 151 g/mol. The Hall–Kier alpha value is -0.810. The molecule has 0 aromatic carbocycles. The maximum Gasteiger partial charge on any atom is 0.192 e. The minimum Gasteiger partial charge on any atom is -0.305 e. The van der Waals surface area contributed by atoms with Gasteiger partial charge in [-0.1, -0.05) is 5.92 Å². The van der Waals surface area contributed by atoms with Crippen LogP contribution >= 0.6 is 0 Å². The summed E-state index contributed by atoms with van der Waals surface area (Å²) >= 11 is 0. The van der Waals surface area contributed by atoms with E-state index in [9.17, 15) is 4.79 Å². The number of aldehydes is 1. The van der Waals surface area contributed by atoms with Crippen molar-refractivity contribution in [1.29, 1.82) is 0 Å². The van der Waals surface area contributed by atoms with Crippen molar-refractivity contribution in [3.63, 3.8) is 0 Å². The van der Waals surface area contributed by atoms with E-state index in [4.69, 9.17) is 0 Å². The summed E-state index contributed by atoms with van der Waals surface area (Å²) in [4.78, 5) is 12.2. The van der Waals surface area contributed by atoms with Crippen LogP contribution in [0.3, 0.4) is 0 Å². The minimum absolute atomic E-state index is 0.416. The van der Waals surface area contributed by atoms with Gasteiger partial charge in [-0.3, -0.25) is 4.79 Å². The molecule has 60 valence electrons. The quantitative estimate of drug-likeness (QED) is 0.372. The molecule has 1 aliphatic heterocycles. The molecule has 0 radical (unpaired) electrons. The first-order valence-electron chi connectivity index (χ1n) is 3.96. The second-order valence-electron chi connectivity index (χ2n) is 3.01. The van der Waals surface area contributed by atoms with Crippen LogP contribution < -0.4 is 0 Å². The van der Waals surface area contributed by atoms with Gasteiger partial charge in [0.25, 0.3) is 0 Å². The Morgan fingerprint density at radius 1 is 1.64 bits per heavy atom. The van der Waals surface area contributed by atoms with E-state index in [0.29, 0.717) is 12.2 Å². The van der Waals surface area contributed by atoms with E-state index in [-0.39, 0.29) is 0 Å². The van der Waals surface area contributed by atoms with E-state index < -0.39 is 0 Å². The molecule has 0 aromatic heterocycles. The van der Waals surface area contributed by atoms with Gasteiger partial charge in [0.15, 0.2) is 6.29 Å². The lowest BCUT2D eigenvalue weighted by atomic mass is 9.99. The molecule has 0 aliphatic carbocycles. The fourth-order valence-corrected chi connectivity index (χ4v) is 1.44. The van der Waals surface area contributed by atoms with Crippen LogP contribution in [0.2, 0.25) is 0 Å². The number of rotatable bonds is 0. The first-order chi connectivity index (χ1) is 5.33. The predicted octanol–water partition coefficient (Wildman–Crippen LogP) is 0.530. The van der Waals surface area contributed by atoms with Crippen LogP contribution in [0.15, 0.2) is 0 Å². The van der Waals surface area contributed by atoms with Crippen LogP contribution in [-0.2, 0) is 4.79 Å². The molecule has 1 rings (SSSR count). The maximum atomic E-state index is 9.94. The fourth-order valence-electron chi connectivity index (χ4n) is 1.44. The third-order valence-electron chi connectivity index (χ3n) is 1.97. The minimum atomic E-state index is 0.416. The highest BCUT2D eigenvalue weighted by Crippen LogP contribution is 2.13. The lowest BCUT2D eigenvalue weighted by Crippen LogP contribution is -2.31. The Balaban J connectivity index is 2.39. The van der Waals surface area contributed by atoms with Gasteiger partial charge in [-0.15, -0.1) is 0 Å². The molecule has 11 heavy (non-hydrogen) atoms. The normalized spacial score (nSPS) is 25.4. The molecular formula is C9H13NO. The molecule has 2 nitrogen and oxygen atoms in total. The number of hydrogen-bond acceptors (Lipinski definition) is 2. The molecule has 0 saturated carbocycles. The largest absolute Gasteiger partial charge is 0.305 e. The molecule has 1 saturated heterocycles. The topological polar surface area (TPSA) is 20.3 Å². The smallest absolute Gasteiger partial charge is 0.192 e. The second-order valence-corrected chi connectivity index (χ2v) is 3.01. The zero-order chi connectivity index (χ0) is 8.10. The molecule has 0 aromatic rings. The zero-order valence-corrected chi connectivity index (χ0v) is 6.84. The fraction of sp³-hybridized carbons (Fsp3) is 0.667. The lowest BCUT2D eigenvalue weighted by molar-refractivity contribution is -0.103. The van der Waals surface area contributed by atoms with E-state index in [1.807, 2.05) is 0 Å². The molecule has 0 N–H and O–H groups in total. The number of nitrogens with zero attached hydrogens (tertiary/aromatic N) is 1. The summed E-state index contributed by atoms with van der Waals surface area (Å²) in [7, 11) is 2.09. The van der Waals surface area contributed by atoms with Crippen LogP contribution in [0.1, 0.15) is 12.8 Å². The summed E-state index contributed by atoms with van der Waals surface area (Å²) in [5, 5.41) is 0. The first kappa shape index (κ1) is 8.29. The van der Waals surface area contributed by atoms with Crippen LogP contribution in [0, 0.1) is 17.8 Å². The van der Waals surface area contributed by atoms with E-state index in [2.05, 4.69) is 23.8 Å². The summed E-state index contributed by atoms with van der Waals surface area (Å²) in [5.41, 5.74) is 0. The summed E-state index contributed by atoms with van der Waals surface area (Å²) in [6, 6.07) is 0. The predicted molar refractivity (Wildman–Crippen MR) is 44.1 cm³/mol. The van der Waals surface area contributed by atoms with Gasteiger partial charge in [-0.25, -0.2) is 0 Å². The molecule has 0 bridgehead atoms. The van der Waals surface area contributed by atoms with E-state index in [1.165, 1.54) is 13.0 Å². The van der Waals surface area contributed by atoms with Crippen LogP contribution in [0.4, 0.5) is 0 Å². The van der Waals surface area contributed by atoms with E-state index in [0.717, 1.165) is 13.0 Å². The molecule has 1 atom stereocenters. The molecule has 1 heterocycles. The maximum absolute atomic E-state index is 9.94. The summed E-state index contributed by atoms with van der Waals surface area (Å²) in [6.45, 7) is 2.18. The van der Waals surface area contributed by atoms with Crippen molar-refractivity contribution in [2.24, 2.45) is 5.92 Å². The average molecular weight is 151 g/mol. The van der Waals surface area contributed by atoms with Crippen molar-refractivity contribution in [2.45, 2.75) is 12.8 Å². The summed E-state index contributed by atoms with van der Waals surface area (Å²) < 4.78 is 0. The Labute approximate surface area is 67.6 Å². The molecule has 0 amide bonds. The molecule has 2 heteroatoms. The number of carbonyl (C=O) groups is 1. The van der Waals surface area contributed by atoms with Crippen molar-refractivity contribution in [2.75, 3.05) is 20.1 Å². The lowest BCUT2D eigenvalue weighted by Gasteiger charge is -2.26. The Kier molecular flexibility index (Phi) is 3.13. The van der Waals surface area contributed by atoms with E-state index in [1.54, 1.807) is 0 Å². The number of piperidine rings is 1. The molecule has 1 fully saturated rings. The van der Waals surface area contributed by atoms with Crippen LogP contribution in [0.25, 0.3) is 0 Å². The van der Waals surface area contributed by atoms with Gasteiger partial charge in [0.2, 0.25) is 0 Å². The van der Waals surface area contributed by atoms with Crippen molar-refractivity contribution in [3.8, 4) is 11.8 Å². The SMILES string of the molecule is CN1CCCC(C#CC=O)C1. The molecular weight excluding hydrogens is 138 g/mol. The van der Waals surface area contributed by atoms with Crippen molar-refractivity contribution < 1.29 is 4.79 Å². The van der Waals surface area contributed by atoms with Crippen LogP contribution in [0.5, 0.6) is 0 Å². The van der Waals surface area contributed by atoms with E-state index >= 15 is 0 Å². The highest BCUT2D eigenvalue weighted by atomic mass is 16.1. The van der Waals surface area contributed by atoms with Gasteiger partial charge in [-0.2, -0.15) is 0 Å². The summed E-state index contributed by atoms with van der Waals surface area (Å²) in [6.07, 6.45) is 3.02.